The van der Waals surface area contributed by atoms with E-state index in [1.807, 2.05) is 0 Å². The Morgan fingerprint density at radius 2 is 2.15 bits per heavy atom. The second-order valence-corrected chi connectivity index (χ2v) is 4.55. The summed E-state index contributed by atoms with van der Waals surface area (Å²) in [5.74, 6) is -1.34. The van der Waals surface area contributed by atoms with Crippen molar-refractivity contribution in [1.82, 2.24) is 5.32 Å². The predicted octanol–water partition coefficient (Wildman–Crippen LogP) is -0.853. The molecule has 1 unspecified atom stereocenters. The van der Waals surface area contributed by atoms with Gasteiger partial charge in [0.15, 0.2) is 0 Å². The van der Waals surface area contributed by atoms with Crippen LogP contribution in [0.2, 0.25) is 0 Å². The first kappa shape index (κ1) is 14.0. The summed E-state index contributed by atoms with van der Waals surface area (Å²) in [5, 5.41) is 14.3. The van der Waals surface area contributed by atoms with Crippen LogP contribution in [-0.2, 0) is 16.0 Å². The molecule has 20 heavy (non-hydrogen) atoms. The molecule has 7 nitrogen and oxygen atoms in total. The van der Waals surface area contributed by atoms with E-state index < -0.39 is 17.9 Å². The molecule has 1 aliphatic heterocycles. The molecular formula is C13H15N3O4. The number of hydrogen-bond acceptors (Lipinski definition) is 4. The third-order valence-corrected chi connectivity index (χ3v) is 3.05. The van der Waals surface area contributed by atoms with Crippen molar-refractivity contribution in [1.29, 1.82) is 0 Å². The SMILES string of the molecule is NC(=O)C(O)CNC(=O)c1ccc2c(c1)CCC(=O)N2. The van der Waals surface area contributed by atoms with Gasteiger partial charge >= 0.3 is 0 Å². The first-order chi connectivity index (χ1) is 9.47. The van der Waals surface area contributed by atoms with Crippen LogP contribution in [0.1, 0.15) is 22.3 Å². The van der Waals surface area contributed by atoms with Gasteiger partial charge in [0.2, 0.25) is 11.8 Å². The second-order valence-electron chi connectivity index (χ2n) is 4.55. The quantitative estimate of drug-likeness (QED) is 0.572. The molecule has 1 atom stereocenters. The number of aliphatic hydroxyl groups excluding tert-OH is 1. The zero-order valence-electron chi connectivity index (χ0n) is 10.7. The average molecular weight is 277 g/mol. The molecule has 3 amide bonds. The number of fused-ring (bicyclic) bond motifs is 1. The molecule has 0 radical (unpaired) electrons. The summed E-state index contributed by atoms with van der Waals surface area (Å²) in [6, 6.07) is 4.91. The molecule has 1 aliphatic rings. The normalized spacial score (nSPS) is 14.9. The van der Waals surface area contributed by atoms with Gasteiger partial charge in [0.25, 0.3) is 5.91 Å². The molecule has 7 heteroatoms. The predicted molar refractivity (Wildman–Crippen MR) is 70.9 cm³/mol. The smallest absolute Gasteiger partial charge is 0.251 e. The van der Waals surface area contributed by atoms with Crippen LogP contribution in [0.4, 0.5) is 5.69 Å². The number of primary amides is 1. The lowest BCUT2D eigenvalue weighted by Gasteiger charge is -2.17. The number of nitrogens with two attached hydrogens (primary N) is 1. The molecule has 1 aromatic rings. The Kier molecular flexibility index (Phi) is 3.99. The van der Waals surface area contributed by atoms with Gasteiger partial charge < -0.3 is 21.5 Å². The van der Waals surface area contributed by atoms with E-state index in [9.17, 15) is 19.5 Å². The van der Waals surface area contributed by atoms with Crippen molar-refractivity contribution in [2.24, 2.45) is 5.73 Å². The topological polar surface area (TPSA) is 122 Å². The number of aryl methyl sites for hydroxylation is 1. The minimum Gasteiger partial charge on any atom is -0.381 e. The highest BCUT2D eigenvalue weighted by molar-refractivity contribution is 5.98. The fourth-order valence-corrected chi connectivity index (χ4v) is 1.92. The summed E-state index contributed by atoms with van der Waals surface area (Å²) >= 11 is 0. The number of anilines is 1. The van der Waals surface area contributed by atoms with Gasteiger partial charge in [-0.05, 0) is 30.2 Å². The highest BCUT2D eigenvalue weighted by Gasteiger charge is 2.17. The van der Waals surface area contributed by atoms with Gasteiger partial charge in [-0.3, -0.25) is 14.4 Å². The average Bonchev–Trinajstić information content (AvgIpc) is 2.43. The van der Waals surface area contributed by atoms with Crippen molar-refractivity contribution in [3.05, 3.63) is 29.3 Å². The van der Waals surface area contributed by atoms with Crippen molar-refractivity contribution in [2.45, 2.75) is 18.9 Å². The van der Waals surface area contributed by atoms with Crippen molar-refractivity contribution in [3.8, 4) is 0 Å². The number of carbonyl (C=O) groups is 3. The van der Waals surface area contributed by atoms with Crippen molar-refractivity contribution < 1.29 is 19.5 Å². The minimum absolute atomic E-state index is 0.0423. The summed E-state index contributed by atoms with van der Waals surface area (Å²) in [6.07, 6.45) is -0.444. The molecule has 5 N–H and O–H groups in total. The molecule has 0 spiro atoms. The summed E-state index contributed by atoms with van der Waals surface area (Å²) in [5.41, 5.74) is 6.87. The van der Waals surface area contributed by atoms with Crippen LogP contribution >= 0.6 is 0 Å². The van der Waals surface area contributed by atoms with E-state index in [1.165, 1.54) is 0 Å². The summed E-state index contributed by atoms with van der Waals surface area (Å²) in [6.45, 7) is -0.234. The fourth-order valence-electron chi connectivity index (χ4n) is 1.92. The van der Waals surface area contributed by atoms with E-state index in [0.29, 0.717) is 24.1 Å². The van der Waals surface area contributed by atoms with Crippen LogP contribution < -0.4 is 16.4 Å². The molecule has 0 bridgehead atoms. The first-order valence-electron chi connectivity index (χ1n) is 6.15. The third-order valence-electron chi connectivity index (χ3n) is 3.05. The lowest BCUT2D eigenvalue weighted by Crippen LogP contribution is -2.40. The Balaban J connectivity index is 2.04. The second kappa shape index (κ2) is 5.70. The molecule has 2 rings (SSSR count). The monoisotopic (exact) mass is 277 g/mol. The molecule has 0 aliphatic carbocycles. The van der Waals surface area contributed by atoms with E-state index in [0.717, 1.165) is 5.56 Å². The molecule has 1 aromatic carbocycles. The number of rotatable bonds is 4. The standard InChI is InChI=1S/C13H15N3O4/c14-12(19)10(17)6-15-13(20)8-1-3-9-7(5-8)2-4-11(18)16-9/h1,3,5,10,17H,2,4,6H2,(H2,14,19)(H,15,20)(H,16,18). The molecule has 0 aromatic heterocycles. The molecule has 0 saturated carbocycles. The van der Waals surface area contributed by atoms with E-state index in [4.69, 9.17) is 5.73 Å². The molecule has 106 valence electrons. The zero-order chi connectivity index (χ0) is 14.7. The molecular weight excluding hydrogens is 262 g/mol. The number of amides is 3. The number of benzene rings is 1. The Hall–Kier alpha value is -2.41. The maximum atomic E-state index is 11.9. The van der Waals surface area contributed by atoms with Gasteiger partial charge in [-0.25, -0.2) is 0 Å². The van der Waals surface area contributed by atoms with Crippen LogP contribution in [0.5, 0.6) is 0 Å². The lowest BCUT2D eigenvalue weighted by molar-refractivity contribution is -0.125. The van der Waals surface area contributed by atoms with Crippen molar-refractivity contribution >= 4 is 23.4 Å². The van der Waals surface area contributed by atoms with Gasteiger partial charge in [0.05, 0.1) is 6.54 Å². The van der Waals surface area contributed by atoms with E-state index in [-0.39, 0.29) is 12.5 Å². The maximum Gasteiger partial charge on any atom is 0.251 e. The van der Waals surface area contributed by atoms with E-state index in [2.05, 4.69) is 10.6 Å². The van der Waals surface area contributed by atoms with Gasteiger partial charge in [0, 0.05) is 17.7 Å². The van der Waals surface area contributed by atoms with Crippen LogP contribution in [0.3, 0.4) is 0 Å². The van der Waals surface area contributed by atoms with Gasteiger partial charge in [-0.2, -0.15) is 0 Å². The number of carbonyl (C=O) groups excluding carboxylic acids is 3. The van der Waals surface area contributed by atoms with Crippen molar-refractivity contribution in [3.63, 3.8) is 0 Å². The number of nitrogens with one attached hydrogen (secondary N) is 2. The lowest BCUT2D eigenvalue weighted by atomic mass is 10.00. The molecule has 0 fully saturated rings. The highest BCUT2D eigenvalue weighted by Crippen LogP contribution is 2.23. The Labute approximate surface area is 115 Å². The maximum absolute atomic E-state index is 11.9. The van der Waals surface area contributed by atoms with E-state index >= 15 is 0 Å². The highest BCUT2D eigenvalue weighted by atomic mass is 16.3. The van der Waals surface area contributed by atoms with Gasteiger partial charge in [0.1, 0.15) is 6.10 Å². The fraction of sp³-hybridized carbons (Fsp3) is 0.308. The Bertz CT molecular complexity index is 571. The summed E-state index contributed by atoms with van der Waals surface area (Å²) in [7, 11) is 0. The van der Waals surface area contributed by atoms with Gasteiger partial charge in [-0.1, -0.05) is 0 Å². The summed E-state index contributed by atoms with van der Waals surface area (Å²) < 4.78 is 0. The Morgan fingerprint density at radius 1 is 1.40 bits per heavy atom. The number of hydrogen-bond donors (Lipinski definition) is 4. The molecule has 1 heterocycles. The molecule has 0 saturated heterocycles. The first-order valence-corrected chi connectivity index (χ1v) is 6.15. The van der Waals surface area contributed by atoms with Gasteiger partial charge in [-0.15, -0.1) is 0 Å². The van der Waals surface area contributed by atoms with Crippen LogP contribution in [0.15, 0.2) is 18.2 Å². The minimum atomic E-state index is -1.41. The van der Waals surface area contributed by atoms with Crippen LogP contribution in [-0.4, -0.2) is 35.5 Å². The Morgan fingerprint density at radius 3 is 2.85 bits per heavy atom. The van der Waals surface area contributed by atoms with Crippen LogP contribution in [0.25, 0.3) is 0 Å². The zero-order valence-corrected chi connectivity index (χ0v) is 10.7. The largest absolute Gasteiger partial charge is 0.381 e. The number of aliphatic hydroxyl groups is 1. The van der Waals surface area contributed by atoms with Crippen LogP contribution in [0, 0.1) is 0 Å². The van der Waals surface area contributed by atoms with E-state index in [1.54, 1.807) is 18.2 Å². The summed E-state index contributed by atoms with van der Waals surface area (Å²) in [4.78, 5) is 33.7. The van der Waals surface area contributed by atoms with Crippen molar-refractivity contribution in [2.75, 3.05) is 11.9 Å². The third kappa shape index (κ3) is 3.12.